The molecule has 1 atom stereocenters. The fourth-order valence-electron chi connectivity index (χ4n) is 8.14. The monoisotopic (exact) mass is 696 g/mol. The van der Waals surface area contributed by atoms with Crippen molar-refractivity contribution in [2.75, 3.05) is 0 Å². The zero-order chi connectivity index (χ0) is 35.6. The molecule has 9 aromatic rings. The molecule has 0 bridgehead atoms. The SMILES string of the molecule is C1=Cc2oc3cccc(C4=NC(c5ccccc5)NC(c5ccc(-c6ccc(-c7cccc8oc9ccccc9c78)c7ccccc67)cc5)=N4)c3c2CN1. The zero-order valence-electron chi connectivity index (χ0n) is 29.1. The minimum absolute atomic E-state index is 0.308. The van der Waals surface area contributed by atoms with Crippen molar-refractivity contribution in [3.63, 3.8) is 0 Å². The summed E-state index contributed by atoms with van der Waals surface area (Å²) in [4.78, 5) is 10.4. The molecule has 0 saturated carbocycles. The van der Waals surface area contributed by atoms with Crippen LogP contribution in [0.5, 0.6) is 0 Å². The van der Waals surface area contributed by atoms with Crippen LogP contribution in [-0.2, 0) is 6.54 Å². The highest BCUT2D eigenvalue weighted by Gasteiger charge is 2.25. The molecule has 0 fully saturated rings. The molecule has 0 aliphatic carbocycles. The molecule has 256 valence electrons. The number of para-hydroxylation sites is 1. The topological polar surface area (TPSA) is 75.1 Å². The molecule has 54 heavy (non-hydrogen) atoms. The average molecular weight is 697 g/mol. The summed E-state index contributed by atoms with van der Waals surface area (Å²) in [5.41, 5.74) is 11.4. The Morgan fingerprint density at radius 3 is 2.02 bits per heavy atom. The molecule has 7 aromatic carbocycles. The second kappa shape index (κ2) is 12.2. The van der Waals surface area contributed by atoms with Crippen LogP contribution in [0, 0.1) is 0 Å². The molecule has 2 N–H and O–H groups in total. The van der Waals surface area contributed by atoms with Crippen molar-refractivity contribution < 1.29 is 8.83 Å². The van der Waals surface area contributed by atoms with Crippen LogP contribution in [-0.4, -0.2) is 11.7 Å². The molecule has 4 heterocycles. The minimum Gasteiger partial charge on any atom is -0.456 e. The van der Waals surface area contributed by atoms with Gasteiger partial charge in [-0.2, -0.15) is 0 Å². The first-order valence-corrected chi connectivity index (χ1v) is 18.2. The standard InChI is InChI=1S/C48H32N4O2/c1-2-10-30(11-3-1)46-50-47(52-48(51-46)38-16-9-19-43-45(38)39-28-49-27-26-41(39)54-43)31-22-20-29(21-23-31)32-24-25-35(34-13-5-4-12-33(32)34)36-15-8-18-42-44(36)37-14-6-7-17-40(37)53-42/h1-27,46,49H,28H2,(H,50,51,52). The highest BCUT2D eigenvalue weighted by molar-refractivity contribution is 6.19. The van der Waals surface area contributed by atoms with Crippen molar-refractivity contribution in [2.45, 2.75) is 12.7 Å². The predicted octanol–water partition coefficient (Wildman–Crippen LogP) is 11.4. The Kier molecular flexibility index (Phi) is 6.89. The molecule has 6 heteroatoms. The second-order valence-corrected chi connectivity index (χ2v) is 13.8. The Bertz CT molecular complexity index is 3020. The van der Waals surface area contributed by atoms with Crippen LogP contribution in [0.15, 0.2) is 177 Å². The van der Waals surface area contributed by atoms with Crippen LogP contribution >= 0.6 is 0 Å². The van der Waals surface area contributed by atoms with Crippen molar-refractivity contribution in [1.82, 2.24) is 10.6 Å². The molecule has 0 spiro atoms. The molecule has 1 unspecified atom stereocenters. The van der Waals surface area contributed by atoms with Gasteiger partial charge in [-0.25, -0.2) is 9.98 Å². The summed E-state index contributed by atoms with van der Waals surface area (Å²) in [6, 6.07) is 52.9. The van der Waals surface area contributed by atoms with E-state index in [2.05, 4.69) is 120 Å². The summed E-state index contributed by atoms with van der Waals surface area (Å²) < 4.78 is 12.5. The lowest BCUT2D eigenvalue weighted by atomic mass is 9.90. The third-order valence-corrected chi connectivity index (χ3v) is 10.7. The van der Waals surface area contributed by atoms with Crippen LogP contribution in [0.1, 0.15) is 34.2 Å². The van der Waals surface area contributed by atoms with Crippen molar-refractivity contribution in [3.05, 3.63) is 186 Å². The number of nitrogens with one attached hydrogen (secondary N) is 2. The van der Waals surface area contributed by atoms with Crippen LogP contribution in [0.4, 0.5) is 0 Å². The normalized spacial score (nSPS) is 15.2. The van der Waals surface area contributed by atoms with E-state index in [1.54, 1.807) is 0 Å². The van der Waals surface area contributed by atoms with Gasteiger partial charge in [0.05, 0.1) is 0 Å². The van der Waals surface area contributed by atoms with E-state index < -0.39 is 0 Å². The Morgan fingerprint density at radius 2 is 1.19 bits per heavy atom. The van der Waals surface area contributed by atoms with Crippen LogP contribution in [0.25, 0.3) is 72.0 Å². The van der Waals surface area contributed by atoms with Gasteiger partial charge in [0.15, 0.2) is 5.84 Å². The number of amidine groups is 2. The molecule has 6 nitrogen and oxygen atoms in total. The highest BCUT2D eigenvalue weighted by Crippen LogP contribution is 2.42. The molecule has 11 rings (SSSR count). The first-order valence-electron chi connectivity index (χ1n) is 18.2. The van der Waals surface area contributed by atoms with Crippen LogP contribution in [0.2, 0.25) is 0 Å². The molecular weight excluding hydrogens is 665 g/mol. The summed E-state index contributed by atoms with van der Waals surface area (Å²) in [7, 11) is 0. The van der Waals surface area contributed by atoms with E-state index in [0.717, 1.165) is 72.3 Å². The van der Waals surface area contributed by atoms with Gasteiger partial charge in [0.2, 0.25) is 0 Å². The first-order chi connectivity index (χ1) is 26.8. The zero-order valence-corrected chi connectivity index (χ0v) is 29.1. The Morgan fingerprint density at radius 1 is 0.519 bits per heavy atom. The van der Waals surface area contributed by atoms with Crippen molar-refractivity contribution in [3.8, 4) is 22.3 Å². The molecular formula is C48H32N4O2. The fourth-order valence-corrected chi connectivity index (χ4v) is 8.14. The van der Waals surface area contributed by atoms with Crippen molar-refractivity contribution >= 4 is 61.4 Å². The number of fused-ring (bicyclic) bond motifs is 7. The first kappa shape index (κ1) is 30.4. The smallest absolute Gasteiger partial charge is 0.160 e. The van der Waals surface area contributed by atoms with E-state index >= 15 is 0 Å². The van der Waals surface area contributed by atoms with Gasteiger partial charge >= 0.3 is 0 Å². The Balaban J connectivity index is 1.00. The average Bonchev–Trinajstić information content (AvgIpc) is 3.82. The van der Waals surface area contributed by atoms with Gasteiger partial charge in [-0.15, -0.1) is 0 Å². The van der Waals surface area contributed by atoms with Crippen molar-refractivity contribution in [2.24, 2.45) is 9.98 Å². The van der Waals surface area contributed by atoms with Gasteiger partial charge in [-0.05, 0) is 62.9 Å². The molecule has 2 aromatic heterocycles. The summed E-state index contributed by atoms with van der Waals surface area (Å²) in [5, 5.41) is 12.7. The maximum absolute atomic E-state index is 6.25. The summed E-state index contributed by atoms with van der Waals surface area (Å²) >= 11 is 0. The van der Waals surface area contributed by atoms with Gasteiger partial charge in [0, 0.05) is 45.6 Å². The summed E-state index contributed by atoms with van der Waals surface area (Å²) in [6.45, 7) is 0.688. The molecule has 0 amide bonds. The lowest BCUT2D eigenvalue weighted by Gasteiger charge is -2.24. The van der Waals surface area contributed by atoms with E-state index in [-0.39, 0.29) is 6.17 Å². The van der Waals surface area contributed by atoms with E-state index in [0.29, 0.717) is 12.4 Å². The van der Waals surface area contributed by atoms with Gasteiger partial charge in [0.25, 0.3) is 0 Å². The number of benzene rings is 7. The maximum Gasteiger partial charge on any atom is 0.160 e. The number of hydrogen-bond donors (Lipinski definition) is 2. The van der Waals surface area contributed by atoms with Gasteiger partial charge < -0.3 is 19.5 Å². The largest absolute Gasteiger partial charge is 0.456 e. The maximum atomic E-state index is 6.25. The molecule has 0 radical (unpaired) electrons. The number of aliphatic imine (C=N–C) groups is 2. The van der Waals surface area contributed by atoms with E-state index in [4.69, 9.17) is 18.8 Å². The summed E-state index contributed by atoms with van der Waals surface area (Å²) in [5.74, 6) is 2.32. The van der Waals surface area contributed by atoms with Gasteiger partial charge in [0.1, 0.15) is 34.5 Å². The fraction of sp³-hybridized carbons (Fsp3) is 0.0417. The number of nitrogens with zero attached hydrogens (tertiary/aromatic N) is 2. The Labute approximate surface area is 310 Å². The number of hydrogen-bond acceptors (Lipinski definition) is 6. The number of furan rings is 2. The summed E-state index contributed by atoms with van der Waals surface area (Å²) in [6.07, 6.45) is 3.60. The molecule has 2 aliphatic heterocycles. The highest BCUT2D eigenvalue weighted by atomic mass is 16.3. The molecule has 0 saturated heterocycles. The van der Waals surface area contributed by atoms with Gasteiger partial charge in [-0.3, -0.25) is 0 Å². The lowest BCUT2D eigenvalue weighted by molar-refractivity contribution is 0.592. The van der Waals surface area contributed by atoms with Crippen molar-refractivity contribution in [1.29, 1.82) is 0 Å². The van der Waals surface area contributed by atoms with Gasteiger partial charge in [-0.1, -0.05) is 133 Å². The Hall–Kier alpha value is -7.18. The van der Waals surface area contributed by atoms with E-state index in [1.807, 2.05) is 54.7 Å². The quantitative estimate of drug-likeness (QED) is 0.188. The van der Waals surface area contributed by atoms with E-state index in [1.165, 1.54) is 27.5 Å². The van der Waals surface area contributed by atoms with Crippen LogP contribution < -0.4 is 10.6 Å². The minimum atomic E-state index is -0.308. The lowest BCUT2D eigenvalue weighted by Crippen LogP contribution is -2.33. The predicted molar refractivity (Wildman–Crippen MR) is 220 cm³/mol. The third-order valence-electron chi connectivity index (χ3n) is 10.7. The van der Waals surface area contributed by atoms with Crippen LogP contribution in [0.3, 0.4) is 0 Å². The second-order valence-electron chi connectivity index (χ2n) is 13.8. The van der Waals surface area contributed by atoms with E-state index in [9.17, 15) is 0 Å². The third kappa shape index (κ3) is 4.88. The number of rotatable bonds is 5. The molecule has 2 aliphatic rings.